The monoisotopic (exact) mass is 520 g/mol. The molecule has 1 spiro atoms. The van der Waals surface area contributed by atoms with Gasteiger partial charge in [0.05, 0.1) is 17.1 Å². The summed E-state index contributed by atoms with van der Waals surface area (Å²) in [5.41, 5.74) is 1.44. The van der Waals surface area contributed by atoms with Crippen LogP contribution in [0.1, 0.15) is 48.8 Å². The lowest BCUT2D eigenvalue weighted by Gasteiger charge is -2.64. The normalized spacial score (nSPS) is 33.8. The van der Waals surface area contributed by atoms with Crippen molar-refractivity contribution in [3.8, 4) is 11.5 Å². The second kappa shape index (κ2) is 8.23. The number of hydrogen-bond donors (Lipinski definition) is 2. The molecule has 5 atom stereocenters. The van der Waals surface area contributed by atoms with Crippen molar-refractivity contribution in [3.05, 3.63) is 64.2 Å². The topological polar surface area (TPSA) is 73.2 Å². The van der Waals surface area contributed by atoms with Crippen molar-refractivity contribution in [1.29, 1.82) is 0 Å². The minimum atomic E-state index is -0.951. The number of carbonyl (C=O) groups excluding carboxylic acids is 1. The van der Waals surface area contributed by atoms with Crippen LogP contribution in [0.4, 0.5) is 0 Å². The molecule has 2 aromatic rings. The number of aromatic hydroxyl groups is 1. The molecule has 194 valence electrons. The Kier molecular flexibility index (Phi) is 5.24. The largest absolute Gasteiger partial charge is 0.504 e. The van der Waals surface area contributed by atoms with Crippen molar-refractivity contribution >= 4 is 23.6 Å². The van der Waals surface area contributed by atoms with E-state index in [1.165, 1.54) is 18.4 Å². The Morgan fingerprint density at radius 2 is 2.08 bits per heavy atom. The molecule has 2 N–H and O–H groups in total. The van der Waals surface area contributed by atoms with Gasteiger partial charge in [0.15, 0.2) is 11.5 Å². The summed E-state index contributed by atoms with van der Waals surface area (Å²) in [5, 5.41) is 24.0. The van der Waals surface area contributed by atoms with Gasteiger partial charge >= 0.3 is 0 Å². The van der Waals surface area contributed by atoms with E-state index in [9.17, 15) is 15.0 Å². The number of piperidine rings is 1. The number of benzene rings is 2. The Balaban J connectivity index is 1.25. The minimum absolute atomic E-state index is 0.0284. The molecule has 0 unspecified atom stereocenters. The first-order valence-electron chi connectivity index (χ1n) is 13.5. The number of carbonyl (C=O) groups is 1. The van der Waals surface area contributed by atoms with E-state index in [1.807, 2.05) is 37.4 Å². The summed E-state index contributed by atoms with van der Waals surface area (Å²) in [6.07, 6.45) is 8.30. The SMILES string of the molecule is CN(C(=O)C=Cc1cccc(Cl)c1)[C@@H]1CC[C@@]2(O)[C@H]3Cc4ccc(O)c5c4[C@@]2(CCN3CC2CC2)[C@H]1O5. The number of hydrogen-bond acceptors (Lipinski definition) is 5. The maximum absolute atomic E-state index is 13.4. The molecule has 2 aliphatic heterocycles. The molecule has 3 aliphatic carbocycles. The molecule has 37 heavy (non-hydrogen) atoms. The van der Waals surface area contributed by atoms with E-state index >= 15 is 0 Å². The van der Waals surface area contributed by atoms with Gasteiger partial charge in [-0.3, -0.25) is 9.69 Å². The fourth-order valence-electron chi connectivity index (χ4n) is 7.91. The van der Waals surface area contributed by atoms with Crippen LogP contribution in [-0.4, -0.2) is 69.8 Å². The third kappa shape index (κ3) is 3.35. The number of halogens is 1. The Hall–Kier alpha value is -2.54. The molecular weight excluding hydrogens is 488 g/mol. The smallest absolute Gasteiger partial charge is 0.246 e. The van der Waals surface area contributed by atoms with Crippen LogP contribution in [0.3, 0.4) is 0 Å². The summed E-state index contributed by atoms with van der Waals surface area (Å²) >= 11 is 6.10. The zero-order valence-corrected chi connectivity index (χ0v) is 21.8. The molecule has 2 aromatic carbocycles. The van der Waals surface area contributed by atoms with Crippen molar-refractivity contribution < 1.29 is 19.7 Å². The van der Waals surface area contributed by atoms with Gasteiger partial charge in [-0.15, -0.1) is 0 Å². The number of aliphatic hydroxyl groups is 1. The summed E-state index contributed by atoms with van der Waals surface area (Å²) in [5.74, 6) is 1.26. The summed E-state index contributed by atoms with van der Waals surface area (Å²) in [6.45, 7) is 1.95. The molecule has 7 heteroatoms. The van der Waals surface area contributed by atoms with Crippen molar-refractivity contribution in [2.24, 2.45) is 5.92 Å². The summed E-state index contributed by atoms with van der Waals surface area (Å²) in [7, 11) is 1.83. The van der Waals surface area contributed by atoms with Gasteiger partial charge in [0.1, 0.15) is 6.10 Å². The van der Waals surface area contributed by atoms with Crippen LogP contribution in [0.25, 0.3) is 6.08 Å². The van der Waals surface area contributed by atoms with Crippen LogP contribution < -0.4 is 4.74 Å². The van der Waals surface area contributed by atoms with Crippen LogP contribution in [0.2, 0.25) is 5.02 Å². The van der Waals surface area contributed by atoms with Gasteiger partial charge in [-0.1, -0.05) is 29.8 Å². The fourth-order valence-corrected chi connectivity index (χ4v) is 8.11. The van der Waals surface area contributed by atoms with Crippen molar-refractivity contribution in [2.45, 2.75) is 67.7 Å². The number of likely N-dealkylation sites (tertiary alicyclic amines) is 1. The first-order valence-corrected chi connectivity index (χ1v) is 13.9. The Bertz CT molecular complexity index is 1310. The first-order chi connectivity index (χ1) is 17.8. The second-order valence-corrected chi connectivity index (χ2v) is 12.2. The molecule has 2 heterocycles. The molecule has 6 nitrogen and oxygen atoms in total. The second-order valence-electron chi connectivity index (χ2n) is 11.7. The Morgan fingerprint density at radius 1 is 1.24 bits per heavy atom. The molecule has 3 fully saturated rings. The van der Waals surface area contributed by atoms with Crippen molar-refractivity contribution in [1.82, 2.24) is 9.80 Å². The highest BCUT2D eigenvalue weighted by Crippen LogP contribution is 2.66. The lowest BCUT2D eigenvalue weighted by atomic mass is 9.48. The van der Waals surface area contributed by atoms with E-state index in [-0.39, 0.29) is 23.7 Å². The van der Waals surface area contributed by atoms with Gasteiger partial charge in [-0.25, -0.2) is 0 Å². The molecule has 0 radical (unpaired) electrons. The number of phenolic OH excluding ortho intramolecular Hbond substituents is 1. The molecule has 7 rings (SSSR count). The maximum Gasteiger partial charge on any atom is 0.246 e. The van der Waals surface area contributed by atoms with Crippen LogP contribution in [0.5, 0.6) is 11.5 Å². The van der Waals surface area contributed by atoms with E-state index in [1.54, 1.807) is 23.1 Å². The van der Waals surface area contributed by atoms with Gasteiger partial charge in [-0.05, 0) is 86.4 Å². The van der Waals surface area contributed by atoms with Crippen LogP contribution >= 0.6 is 11.6 Å². The highest BCUT2D eigenvalue weighted by molar-refractivity contribution is 6.30. The van der Waals surface area contributed by atoms with Crippen molar-refractivity contribution in [3.63, 3.8) is 0 Å². The number of amides is 1. The van der Waals surface area contributed by atoms with Crippen molar-refractivity contribution in [2.75, 3.05) is 20.1 Å². The van der Waals surface area contributed by atoms with Gasteiger partial charge in [-0.2, -0.15) is 0 Å². The van der Waals surface area contributed by atoms with Crippen LogP contribution in [0.15, 0.2) is 42.5 Å². The zero-order valence-electron chi connectivity index (χ0n) is 21.1. The zero-order chi connectivity index (χ0) is 25.5. The number of rotatable bonds is 5. The standard InChI is InChI=1S/C30H33ClN2O4/c1-32(25(35)10-7-18-3-2-4-21(31)15-18)22-11-12-30(36)24-16-20-8-9-23(34)27-26(20)29(30,28(22)37-27)13-14-33(24)17-19-5-6-19/h2-4,7-10,15,19,22,24,28,34,36H,5-6,11-14,16-17H2,1H3/t22-,24-,28+,29+,30-/m1/s1. The lowest BCUT2D eigenvalue weighted by molar-refractivity contribution is -0.200. The highest BCUT2D eigenvalue weighted by Gasteiger charge is 2.73. The Morgan fingerprint density at radius 3 is 2.86 bits per heavy atom. The van der Waals surface area contributed by atoms with E-state index in [0.717, 1.165) is 43.0 Å². The third-order valence-electron chi connectivity index (χ3n) is 9.84. The lowest BCUT2D eigenvalue weighted by Crippen LogP contribution is -2.78. The molecule has 2 saturated carbocycles. The number of ether oxygens (including phenoxy) is 1. The number of nitrogens with zero attached hydrogens (tertiary/aromatic N) is 2. The van der Waals surface area contributed by atoms with E-state index in [0.29, 0.717) is 23.6 Å². The molecule has 5 aliphatic rings. The van der Waals surface area contributed by atoms with E-state index < -0.39 is 17.1 Å². The van der Waals surface area contributed by atoms with Crippen LogP contribution in [0, 0.1) is 5.92 Å². The van der Waals surface area contributed by atoms with E-state index in [4.69, 9.17) is 16.3 Å². The van der Waals surface area contributed by atoms with E-state index in [2.05, 4.69) is 4.90 Å². The number of phenols is 1. The quantitative estimate of drug-likeness (QED) is 0.579. The molecule has 1 amide bonds. The first kappa shape index (κ1) is 23.6. The summed E-state index contributed by atoms with van der Waals surface area (Å²) in [4.78, 5) is 17.6. The molecule has 1 saturated heterocycles. The average Bonchev–Trinajstić information content (AvgIpc) is 3.62. The predicted molar refractivity (Wildman–Crippen MR) is 142 cm³/mol. The summed E-state index contributed by atoms with van der Waals surface area (Å²) < 4.78 is 6.60. The summed E-state index contributed by atoms with van der Waals surface area (Å²) in [6, 6.07) is 11.0. The Labute approximate surface area is 222 Å². The fraction of sp³-hybridized carbons (Fsp3) is 0.500. The van der Waals surface area contributed by atoms with Crippen LogP contribution in [-0.2, 0) is 16.6 Å². The number of likely N-dealkylation sites (N-methyl/N-ethyl adjacent to an activating group) is 1. The van der Waals surface area contributed by atoms with Gasteiger partial charge in [0.2, 0.25) is 5.91 Å². The average molecular weight is 521 g/mol. The van der Waals surface area contributed by atoms with Gasteiger partial charge in [0, 0.05) is 36.3 Å². The highest BCUT2D eigenvalue weighted by atomic mass is 35.5. The molecule has 2 bridgehead atoms. The third-order valence-corrected chi connectivity index (χ3v) is 10.1. The maximum atomic E-state index is 13.4. The predicted octanol–water partition coefficient (Wildman–Crippen LogP) is 4.15. The molecule has 0 aromatic heterocycles. The molecular formula is C30H33ClN2O4. The minimum Gasteiger partial charge on any atom is -0.504 e. The van der Waals surface area contributed by atoms with Gasteiger partial charge < -0.3 is 19.8 Å². The van der Waals surface area contributed by atoms with Gasteiger partial charge in [0.25, 0.3) is 0 Å².